The predicted molar refractivity (Wildman–Crippen MR) is 93.0 cm³/mol. The molecule has 1 amide bonds. The number of aryl methyl sites for hydroxylation is 1. The standard InChI is InChI=1S/C19H25N3O2/c1-2-24-18-9-4-3-7-16(18)10-11-19(23)21-13-5-8-17(15-21)22-14-6-12-20-22/h3-4,6-7,9,12,14,17H,2,5,8,10-11,13,15H2,1H3/t17-/m0/s1. The molecule has 0 N–H and O–H groups in total. The Bertz CT molecular complexity index is 654. The summed E-state index contributed by atoms with van der Waals surface area (Å²) in [6, 6.07) is 10.2. The van der Waals surface area contributed by atoms with Crippen LogP contribution < -0.4 is 4.74 Å². The second kappa shape index (κ2) is 7.99. The molecule has 0 saturated carbocycles. The summed E-state index contributed by atoms with van der Waals surface area (Å²) in [6.07, 6.45) is 7.14. The molecule has 1 aromatic heterocycles. The first-order chi connectivity index (χ1) is 11.8. The molecule has 24 heavy (non-hydrogen) atoms. The number of piperidine rings is 1. The van der Waals surface area contributed by atoms with Crippen molar-refractivity contribution in [3.05, 3.63) is 48.3 Å². The minimum Gasteiger partial charge on any atom is -0.494 e. The number of para-hydroxylation sites is 1. The number of nitrogens with zero attached hydrogens (tertiary/aromatic N) is 3. The van der Waals surface area contributed by atoms with Gasteiger partial charge < -0.3 is 9.64 Å². The molecule has 0 unspecified atom stereocenters. The van der Waals surface area contributed by atoms with Gasteiger partial charge in [-0.1, -0.05) is 18.2 Å². The maximum Gasteiger partial charge on any atom is 0.222 e. The number of carbonyl (C=O) groups excluding carboxylic acids is 1. The highest BCUT2D eigenvalue weighted by atomic mass is 16.5. The summed E-state index contributed by atoms with van der Waals surface area (Å²) in [4.78, 5) is 14.6. The van der Waals surface area contributed by atoms with Crippen LogP contribution >= 0.6 is 0 Å². The van der Waals surface area contributed by atoms with Crippen molar-refractivity contribution < 1.29 is 9.53 Å². The number of likely N-dealkylation sites (tertiary alicyclic amines) is 1. The van der Waals surface area contributed by atoms with Gasteiger partial charge in [-0.2, -0.15) is 5.10 Å². The van der Waals surface area contributed by atoms with Crippen LogP contribution in [0.4, 0.5) is 0 Å². The minimum atomic E-state index is 0.221. The summed E-state index contributed by atoms with van der Waals surface area (Å²) >= 11 is 0. The van der Waals surface area contributed by atoms with E-state index in [-0.39, 0.29) is 5.91 Å². The van der Waals surface area contributed by atoms with Gasteiger partial charge in [0, 0.05) is 31.9 Å². The van der Waals surface area contributed by atoms with Crippen LogP contribution in [0.2, 0.25) is 0 Å². The third kappa shape index (κ3) is 3.96. The molecule has 1 fully saturated rings. The van der Waals surface area contributed by atoms with Crippen molar-refractivity contribution in [3.8, 4) is 5.75 Å². The monoisotopic (exact) mass is 327 g/mol. The van der Waals surface area contributed by atoms with Crippen molar-refractivity contribution in [3.63, 3.8) is 0 Å². The molecule has 1 atom stereocenters. The van der Waals surface area contributed by atoms with Crippen molar-refractivity contribution in [2.75, 3.05) is 19.7 Å². The fourth-order valence-corrected chi connectivity index (χ4v) is 3.30. The van der Waals surface area contributed by atoms with E-state index in [4.69, 9.17) is 4.74 Å². The second-order valence-electron chi connectivity index (χ2n) is 6.16. The van der Waals surface area contributed by atoms with Gasteiger partial charge in [0.2, 0.25) is 5.91 Å². The van der Waals surface area contributed by atoms with E-state index < -0.39 is 0 Å². The van der Waals surface area contributed by atoms with E-state index in [0.29, 0.717) is 19.1 Å². The van der Waals surface area contributed by atoms with Gasteiger partial charge >= 0.3 is 0 Å². The van der Waals surface area contributed by atoms with Gasteiger partial charge in [0.1, 0.15) is 5.75 Å². The highest BCUT2D eigenvalue weighted by molar-refractivity contribution is 5.76. The molecule has 1 aliphatic heterocycles. The third-order valence-electron chi connectivity index (χ3n) is 4.53. The third-order valence-corrected chi connectivity index (χ3v) is 4.53. The molecule has 5 nitrogen and oxygen atoms in total. The summed E-state index contributed by atoms with van der Waals surface area (Å²) < 4.78 is 7.62. The highest BCUT2D eigenvalue weighted by Gasteiger charge is 2.24. The Kier molecular flexibility index (Phi) is 5.51. The molecule has 1 saturated heterocycles. The van der Waals surface area contributed by atoms with E-state index in [1.165, 1.54) is 0 Å². The average molecular weight is 327 g/mol. The van der Waals surface area contributed by atoms with Crippen molar-refractivity contribution in [1.29, 1.82) is 0 Å². The number of hydrogen-bond acceptors (Lipinski definition) is 3. The number of rotatable bonds is 6. The summed E-state index contributed by atoms with van der Waals surface area (Å²) in [7, 11) is 0. The zero-order valence-electron chi connectivity index (χ0n) is 14.2. The van der Waals surface area contributed by atoms with E-state index >= 15 is 0 Å². The van der Waals surface area contributed by atoms with Gasteiger partial charge in [-0.15, -0.1) is 0 Å². The molecular formula is C19H25N3O2. The van der Waals surface area contributed by atoms with Crippen LogP contribution in [-0.2, 0) is 11.2 Å². The Morgan fingerprint density at radius 1 is 1.33 bits per heavy atom. The molecule has 1 aliphatic rings. The number of ether oxygens (including phenoxy) is 1. The van der Waals surface area contributed by atoms with Crippen LogP contribution in [0.15, 0.2) is 42.7 Å². The number of aromatic nitrogens is 2. The molecule has 2 aromatic rings. The average Bonchev–Trinajstić information content (AvgIpc) is 3.16. The predicted octanol–water partition coefficient (Wildman–Crippen LogP) is 3.08. The van der Waals surface area contributed by atoms with Crippen LogP contribution in [0.1, 0.15) is 37.8 Å². The Morgan fingerprint density at radius 2 is 2.21 bits per heavy atom. The largest absolute Gasteiger partial charge is 0.494 e. The normalized spacial score (nSPS) is 17.7. The maximum absolute atomic E-state index is 12.6. The topological polar surface area (TPSA) is 47.4 Å². The first-order valence-electron chi connectivity index (χ1n) is 8.75. The molecule has 5 heteroatoms. The van der Waals surface area contributed by atoms with Crippen molar-refractivity contribution in [1.82, 2.24) is 14.7 Å². The summed E-state index contributed by atoms with van der Waals surface area (Å²) in [5.74, 6) is 1.11. The molecule has 0 bridgehead atoms. The van der Waals surface area contributed by atoms with E-state index in [2.05, 4.69) is 5.10 Å². The molecule has 2 heterocycles. The van der Waals surface area contributed by atoms with Gasteiger partial charge in [-0.25, -0.2) is 0 Å². The fourth-order valence-electron chi connectivity index (χ4n) is 3.30. The molecule has 0 aliphatic carbocycles. The van der Waals surface area contributed by atoms with Crippen molar-refractivity contribution >= 4 is 5.91 Å². The first kappa shape index (κ1) is 16.6. The van der Waals surface area contributed by atoms with Gasteiger partial charge in [-0.3, -0.25) is 9.48 Å². The molecular weight excluding hydrogens is 302 g/mol. The van der Waals surface area contributed by atoms with Crippen LogP contribution in [-0.4, -0.2) is 40.3 Å². The first-order valence-corrected chi connectivity index (χ1v) is 8.75. The van der Waals surface area contributed by atoms with Gasteiger partial charge in [0.05, 0.1) is 12.6 Å². The maximum atomic E-state index is 12.6. The summed E-state index contributed by atoms with van der Waals surface area (Å²) in [5.41, 5.74) is 1.10. The molecule has 3 rings (SSSR count). The van der Waals surface area contributed by atoms with Gasteiger partial charge in [0.25, 0.3) is 0 Å². The van der Waals surface area contributed by atoms with Crippen LogP contribution in [0.25, 0.3) is 0 Å². The molecule has 128 valence electrons. The number of amides is 1. The van der Waals surface area contributed by atoms with Gasteiger partial charge in [-0.05, 0) is 43.9 Å². The Hall–Kier alpha value is -2.30. The quantitative estimate of drug-likeness (QED) is 0.819. The van der Waals surface area contributed by atoms with E-state index in [1.54, 1.807) is 6.20 Å². The van der Waals surface area contributed by atoms with Crippen molar-refractivity contribution in [2.45, 2.75) is 38.6 Å². The lowest BCUT2D eigenvalue weighted by molar-refractivity contribution is -0.132. The highest BCUT2D eigenvalue weighted by Crippen LogP contribution is 2.23. The number of hydrogen-bond donors (Lipinski definition) is 0. The Morgan fingerprint density at radius 3 is 3.00 bits per heavy atom. The zero-order chi connectivity index (χ0) is 16.8. The van der Waals surface area contributed by atoms with E-state index in [9.17, 15) is 4.79 Å². The van der Waals surface area contributed by atoms with Crippen LogP contribution in [0, 0.1) is 0 Å². The van der Waals surface area contributed by atoms with Crippen LogP contribution in [0.3, 0.4) is 0 Å². The number of carbonyl (C=O) groups is 1. The second-order valence-corrected chi connectivity index (χ2v) is 6.16. The molecule has 0 spiro atoms. The Balaban J connectivity index is 1.57. The Labute approximate surface area is 143 Å². The van der Waals surface area contributed by atoms with Crippen molar-refractivity contribution in [2.24, 2.45) is 0 Å². The summed E-state index contributed by atoms with van der Waals surface area (Å²) in [5, 5.41) is 4.32. The lowest BCUT2D eigenvalue weighted by Crippen LogP contribution is -2.40. The SMILES string of the molecule is CCOc1ccccc1CCC(=O)N1CCC[C@H](n2cccn2)C1. The molecule has 1 aromatic carbocycles. The minimum absolute atomic E-state index is 0.221. The zero-order valence-corrected chi connectivity index (χ0v) is 14.2. The smallest absolute Gasteiger partial charge is 0.222 e. The molecule has 0 radical (unpaired) electrons. The summed E-state index contributed by atoms with van der Waals surface area (Å²) in [6.45, 7) is 4.23. The van der Waals surface area contributed by atoms with E-state index in [1.807, 2.05) is 53.0 Å². The van der Waals surface area contributed by atoms with E-state index in [0.717, 1.165) is 43.7 Å². The van der Waals surface area contributed by atoms with Crippen LogP contribution in [0.5, 0.6) is 5.75 Å². The lowest BCUT2D eigenvalue weighted by Gasteiger charge is -2.33. The van der Waals surface area contributed by atoms with Gasteiger partial charge in [0.15, 0.2) is 0 Å². The lowest BCUT2D eigenvalue weighted by atomic mass is 10.0. The number of benzene rings is 1. The fraction of sp³-hybridized carbons (Fsp3) is 0.474.